The number of aryl methyl sites for hydroxylation is 1. The predicted octanol–water partition coefficient (Wildman–Crippen LogP) is 5.80. The molecule has 0 spiro atoms. The third-order valence-corrected chi connectivity index (χ3v) is 6.61. The molecule has 0 aromatic heterocycles. The van der Waals surface area contributed by atoms with Crippen molar-refractivity contribution in [2.75, 3.05) is 15.4 Å². The van der Waals surface area contributed by atoms with E-state index in [1.54, 1.807) is 12.1 Å². The maximum Gasteiger partial charge on any atom is 0.255 e. The lowest BCUT2D eigenvalue weighted by atomic mass is 10.1. The van der Waals surface area contributed by atoms with Crippen LogP contribution in [-0.4, -0.2) is 17.1 Å². The number of carbonyl (C=O) groups excluding carboxylic acids is 2. The van der Waals surface area contributed by atoms with Gasteiger partial charge in [0.1, 0.15) is 0 Å². The summed E-state index contributed by atoms with van der Waals surface area (Å²) < 4.78 is 3.30. The van der Waals surface area contributed by atoms with Crippen LogP contribution in [0.25, 0.3) is 0 Å². The van der Waals surface area contributed by atoms with Crippen LogP contribution in [0.5, 0.6) is 0 Å². The molecule has 0 saturated carbocycles. The molecular formula is C23H21N3O2S2. The van der Waals surface area contributed by atoms with Gasteiger partial charge in [-0.1, -0.05) is 23.8 Å². The third kappa shape index (κ3) is 4.80. The highest BCUT2D eigenvalue weighted by molar-refractivity contribution is 8.01. The van der Waals surface area contributed by atoms with Crippen molar-refractivity contribution in [2.24, 2.45) is 0 Å². The highest BCUT2D eigenvalue weighted by Crippen LogP contribution is 2.36. The number of fused-ring (bicyclic) bond motifs is 1. The summed E-state index contributed by atoms with van der Waals surface area (Å²) in [6.07, 6.45) is 0. The quantitative estimate of drug-likeness (QED) is 0.442. The monoisotopic (exact) mass is 435 g/mol. The summed E-state index contributed by atoms with van der Waals surface area (Å²) in [5, 5.41) is 5.66. The summed E-state index contributed by atoms with van der Waals surface area (Å²) in [5.74, 6) is -0.264. The van der Waals surface area contributed by atoms with Crippen LogP contribution >= 0.6 is 23.7 Å². The van der Waals surface area contributed by atoms with E-state index in [4.69, 9.17) is 0 Å². The summed E-state index contributed by atoms with van der Waals surface area (Å²) in [6.45, 7) is 3.92. The predicted molar refractivity (Wildman–Crippen MR) is 125 cm³/mol. The first kappa shape index (κ1) is 20.4. The minimum absolute atomic E-state index is 0.0455. The number of benzene rings is 3. The van der Waals surface area contributed by atoms with Gasteiger partial charge < -0.3 is 15.4 Å². The second kappa shape index (κ2) is 8.85. The molecule has 5 nitrogen and oxygen atoms in total. The minimum Gasteiger partial charge on any atom is -0.326 e. The lowest BCUT2D eigenvalue weighted by Crippen LogP contribution is -2.26. The molecule has 3 aromatic carbocycles. The van der Waals surface area contributed by atoms with Crippen LogP contribution in [0.3, 0.4) is 0 Å². The third-order valence-electron chi connectivity index (χ3n) is 4.60. The van der Waals surface area contributed by atoms with Gasteiger partial charge in [-0.25, -0.2) is 0 Å². The van der Waals surface area contributed by atoms with Crippen LogP contribution in [-0.2, 0) is 4.79 Å². The van der Waals surface area contributed by atoms with Gasteiger partial charge in [-0.15, -0.1) is 11.8 Å². The zero-order valence-corrected chi connectivity index (χ0v) is 18.2. The van der Waals surface area contributed by atoms with Crippen molar-refractivity contribution >= 4 is 52.6 Å². The van der Waals surface area contributed by atoms with E-state index in [0.717, 1.165) is 15.5 Å². The number of anilines is 3. The Morgan fingerprint density at radius 1 is 1.03 bits per heavy atom. The summed E-state index contributed by atoms with van der Waals surface area (Å²) in [7, 11) is 0. The number of nitrogens with one attached hydrogen (secondary N) is 3. The highest BCUT2D eigenvalue weighted by Gasteiger charge is 2.23. The zero-order chi connectivity index (χ0) is 21.1. The van der Waals surface area contributed by atoms with E-state index in [-0.39, 0.29) is 17.1 Å². The fraction of sp³-hybridized carbons (Fsp3) is 0.130. The van der Waals surface area contributed by atoms with E-state index in [9.17, 15) is 9.59 Å². The van der Waals surface area contributed by atoms with Gasteiger partial charge in [0.15, 0.2) is 0 Å². The average Bonchev–Trinajstić information content (AvgIpc) is 2.74. The molecule has 3 N–H and O–H groups in total. The SMILES string of the molecule is Cc1ccc(NSc2cccc(NC(=O)c3ccc4c(c3)NC(=O)C(C)S4)c2)cc1. The first-order valence-electron chi connectivity index (χ1n) is 9.50. The Bertz CT molecular complexity index is 1100. The molecule has 7 heteroatoms. The second-order valence-electron chi connectivity index (χ2n) is 7.01. The Balaban J connectivity index is 1.42. The molecular weight excluding hydrogens is 414 g/mol. The number of amides is 2. The number of rotatable bonds is 5. The number of hydrogen-bond acceptors (Lipinski definition) is 5. The summed E-state index contributed by atoms with van der Waals surface area (Å²) in [5.41, 5.74) is 4.12. The smallest absolute Gasteiger partial charge is 0.255 e. The van der Waals surface area contributed by atoms with Gasteiger partial charge in [0.25, 0.3) is 5.91 Å². The Morgan fingerprint density at radius 2 is 1.83 bits per heavy atom. The molecule has 1 aliphatic heterocycles. The molecule has 0 fully saturated rings. The normalized spacial score (nSPS) is 15.1. The first-order chi connectivity index (χ1) is 14.5. The van der Waals surface area contributed by atoms with Crippen molar-refractivity contribution in [3.63, 3.8) is 0 Å². The van der Waals surface area contributed by atoms with Gasteiger partial charge in [0.2, 0.25) is 5.91 Å². The lowest BCUT2D eigenvalue weighted by molar-refractivity contribution is -0.115. The van der Waals surface area contributed by atoms with E-state index in [2.05, 4.69) is 34.4 Å². The van der Waals surface area contributed by atoms with E-state index in [0.29, 0.717) is 16.9 Å². The van der Waals surface area contributed by atoms with Gasteiger partial charge in [0.05, 0.1) is 10.9 Å². The van der Waals surface area contributed by atoms with Gasteiger partial charge >= 0.3 is 0 Å². The summed E-state index contributed by atoms with van der Waals surface area (Å²) in [6, 6.07) is 21.2. The van der Waals surface area contributed by atoms with E-state index >= 15 is 0 Å². The van der Waals surface area contributed by atoms with E-state index in [1.807, 2.05) is 49.4 Å². The highest BCUT2D eigenvalue weighted by atomic mass is 32.2. The lowest BCUT2D eigenvalue weighted by Gasteiger charge is -2.21. The van der Waals surface area contributed by atoms with Crippen LogP contribution in [0, 0.1) is 6.92 Å². The maximum absolute atomic E-state index is 12.7. The largest absolute Gasteiger partial charge is 0.326 e. The fourth-order valence-electron chi connectivity index (χ4n) is 2.93. The van der Waals surface area contributed by atoms with E-state index < -0.39 is 0 Å². The molecule has 2 amide bonds. The van der Waals surface area contributed by atoms with Crippen LogP contribution in [0.4, 0.5) is 17.1 Å². The Kier molecular flexibility index (Phi) is 6.01. The molecule has 3 aromatic rings. The number of carbonyl (C=O) groups is 2. The first-order valence-corrected chi connectivity index (χ1v) is 11.2. The van der Waals surface area contributed by atoms with Crippen molar-refractivity contribution in [1.82, 2.24) is 0 Å². The molecule has 30 heavy (non-hydrogen) atoms. The molecule has 1 atom stereocenters. The molecule has 0 bridgehead atoms. The van der Waals surface area contributed by atoms with Gasteiger partial charge in [-0.3, -0.25) is 9.59 Å². The van der Waals surface area contributed by atoms with Crippen LogP contribution in [0.15, 0.2) is 76.5 Å². The van der Waals surface area contributed by atoms with Crippen molar-refractivity contribution in [3.8, 4) is 0 Å². The van der Waals surface area contributed by atoms with Gasteiger partial charge in [-0.2, -0.15) is 0 Å². The van der Waals surface area contributed by atoms with Crippen molar-refractivity contribution in [2.45, 2.75) is 28.9 Å². The molecule has 1 heterocycles. The maximum atomic E-state index is 12.7. The Morgan fingerprint density at radius 3 is 2.63 bits per heavy atom. The minimum atomic E-state index is -0.218. The molecule has 0 aliphatic carbocycles. The van der Waals surface area contributed by atoms with Gasteiger partial charge in [0, 0.05) is 26.7 Å². The standard InChI is InChI=1S/C23H21N3O2S2/c1-14-6-9-17(10-7-14)26-30-19-5-3-4-18(13-19)24-23(28)16-8-11-21-20(12-16)25-22(27)15(2)29-21/h3-13,15,26H,1-2H3,(H,24,28)(H,25,27). The molecule has 4 rings (SSSR count). The summed E-state index contributed by atoms with van der Waals surface area (Å²) in [4.78, 5) is 26.6. The van der Waals surface area contributed by atoms with E-state index in [1.165, 1.54) is 29.3 Å². The number of thioether (sulfide) groups is 1. The molecule has 1 aliphatic rings. The molecule has 0 radical (unpaired) electrons. The van der Waals surface area contributed by atoms with Gasteiger partial charge in [-0.05, 0) is 74.3 Å². The Hall–Kier alpha value is -2.90. The zero-order valence-electron chi connectivity index (χ0n) is 16.6. The van der Waals surface area contributed by atoms with Crippen LogP contribution < -0.4 is 15.4 Å². The van der Waals surface area contributed by atoms with Crippen molar-refractivity contribution < 1.29 is 9.59 Å². The van der Waals surface area contributed by atoms with Crippen molar-refractivity contribution in [1.29, 1.82) is 0 Å². The number of hydrogen-bond donors (Lipinski definition) is 3. The molecule has 152 valence electrons. The second-order valence-corrected chi connectivity index (χ2v) is 9.27. The van der Waals surface area contributed by atoms with Crippen LogP contribution in [0.2, 0.25) is 0 Å². The molecule has 1 unspecified atom stereocenters. The van der Waals surface area contributed by atoms with Crippen molar-refractivity contribution in [3.05, 3.63) is 77.9 Å². The fourth-order valence-corrected chi connectivity index (χ4v) is 4.56. The molecule has 0 saturated heterocycles. The average molecular weight is 436 g/mol. The Labute approximate surface area is 184 Å². The summed E-state index contributed by atoms with van der Waals surface area (Å²) >= 11 is 2.98. The van der Waals surface area contributed by atoms with Crippen LogP contribution in [0.1, 0.15) is 22.8 Å². The topological polar surface area (TPSA) is 70.2 Å².